The fourth-order valence-electron chi connectivity index (χ4n) is 2.67. The number of carbonyl (C=O) groups excluding carboxylic acids is 1. The molecule has 2 rings (SSSR count). The Balaban J connectivity index is 2.31. The number of nitrogens with zero attached hydrogens (tertiary/aromatic N) is 1. The smallest absolute Gasteiger partial charge is 0.336 e. The van der Waals surface area contributed by atoms with Gasteiger partial charge >= 0.3 is 6.18 Å². The van der Waals surface area contributed by atoms with E-state index in [1.54, 1.807) is 0 Å². The molecule has 2 N–H and O–H groups in total. The molecule has 0 bridgehead atoms. The molecular weight excluding hydrogens is 269 g/mol. The largest absolute Gasteiger partial charge is 0.417 e. The van der Waals surface area contributed by atoms with Crippen molar-refractivity contribution >= 4 is 5.91 Å². The van der Waals surface area contributed by atoms with Crippen LogP contribution in [0.15, 0.2) is 24.3 Å². The second kappa shape index (κ2) is 5.44. The lowest BCUT2D eigenvalue weighted by molar-refractivity contribution is -0.138. The van der Waals surface area contributed by atoms with Crippen LogP contribution in [0.1, 0.15) is 29.3 Å². The molecule has 1 fully saturated rings. The van der Waals surface area contributed by atoms with Crippen LogP contribution in [0.5, 0.6) is 0 Å². The highest BCUT2D eigenvalue weighted by atomic mass is 19.4. The summed E-state index contributed by atoms with van der Waals surface area (Å²) in [6.07, 6.45) is -3.79. The van der Waals surface area contributed by atoms with Gasteiger partial charge in [0.1, 0.15) is 0 Å². The third-order valence-electron chi connectivity index (χ3n) is 3.72. The average Bonchev–Trinajstić information content (AvgIpc) is 2.78. The van der Waals surface area contributed by atoms with Gasteiger partial charge in [-0.3, -0.25) is 4.79 Å². The van der Waals surface area contributed by atoms with Crippen molar-refractivity contribution in [3.05, 3.63) is 35.4 Å². The number of nitrogens with two attached hydrogens (primary N) is 1. The monoisotopic (exact) mass is 286 g/mol. The van der Waals surface area contributed by atoms with Crippen LogP contribution in [0.3, 0.4) is 0 Å². The van der Waals surface area contributed by atoms with Gasteiger partial charge in [0.15, 0.2) is 0 Å². The van der Waals surface area contributed by atoms with E-state index in [1.807, 2.05) is 6.92 Å². The summed E-state index contributed by atoms with van der Waals surface area (Å²) < 4.78 is 38.8. The zero-order chi connectivity index (χ0) is 14.9. The van der Waals surface area contributed by atoms with Gasteiger partial charge in [-0.1, -0.05) is 12.1 Å². The fourth-order valence-corrected chi connectivity index (χ4v) is 2.67. The van der Waals surface area contributed by atoms with E-state index < -0.39 is 17.6 Å². The first-order valence-corrected chi connectivity index (χ1v) is 6.52. The minimum absolute atomic E-state index is 0.0858. The van der Waals surface area contributed by atoms with Gasteiger partial charge in [0, 0.05) is 12.6 Å². The maximum absolute atomic E-state index is 12.9. The van der Waals surface area contributed by atoms with E-state index in [2.05, 4.69) is 0 Å². The molecule has 0 aromatic heterocycles. The van der Waals surface area contributed by atoms with Crippen LogP contribution >= 0.6 is 0 Å². The molecule has 1 aromatic carbocycles. The Morgan fingerprint density at radius 2 is 2.05 bits per heavy atom. The molecule has 110 valence electrons. The predicted octanol–water partition coefficient (Wildman–Crippen LogP) is 2.51. The minimum Gasteiger partial charge on any atom is -0.336 e. The van der Waals surface area contributed by atoms with Gasteiger partial charge in [-0.15, -0.1) is 0 Å². The van der Waals surface area contributed by atoms with Crippen molar-refractivity contribution in [3.8, 4) is 0 Å². The lowest BCUT2D eigenvalue weighted by Crippen LogP contribution is -2.35. The topological polar surface area (TPSA) is 46.3 Å². The maximum Gasteiger partial charge on any atom is 0.417 e. The summed E-state index contributed by atoms with van der Waals surface area (Å²) in [6, 6.07) is 4.82. The highest BCUT2D eigenvalue weighted by Crippen LogP contribution is 2.33. The van der Waals surface area contributed by atoms with Crippen molar-refractivity contribution in [2.24, 2.45) is 11.7 Å². The molecule has 0 radical (unpaired) electrons. The van der Waals surface area contributed by atoms with E-state index in [0.717, 1.165) is 12.5 Å². The van der Waals surface area contributed by atoms with Crippen molar-refractivity contribution in [3.63, 3.8) is 0 Å². The lowest BCUT2D eigenvalue weighted by atomic mass is 10.1. The normalized spacial score (nSPS) is 23.1. The quantitative estimate of drug-likeness (QED) is 0.908. The summed E-state index contributed by atoms with van der Waals surface area (Å²) in [5.41, 5.74) is 4.41. The Hall–Kier alpha value is -1.56. The number of rotatable bonds is 2. The van der Waals surface area contributed by atoms with E-state index in [9.17, 15) is 18.0 Å². The second-order valence-electron chi connectivity index (χ2n) is 5.19. The number of hydrogen-bond donors (Lipinski definition) is 1. The number of benzene rings is 1. The summed E-state index contributed by atoms with van der Waals surface area (Å²) in [7, 11) is 0. The van der Waals surface area contributed by atoms with Crippen LogP contribution in [0.4, 0.5) is 13.2 Å². The number of likely N-dealkylation sites (tertiary alicyclic amines) is 1. The minimum atomic E-state index is -4.53. The van der Waals surface area contributed by atoms with Crippen molar-refractivity contribution in [2.75, 3.05) is 13.1 Å². The van der Waals surface area contributed by atoms with Gasteiger partial charge in [-0.25, -0.2) is 0 Å². The van der Waals surface area contributed by atoms with Gasteiger partial charge in [-0.05, 0) is 37.9 Å². The third-order valence-corrected chi connectivity index (χ3v) is 3.72. The van der Waals surface area contributed by atoms with Crippen LogP contribution in [0.2, 0.25) is 0 Å². The fraction of sp³-hybridized carbons (Fsp3) is 0.500. The first kappa shape index (κ1) is 14.8. The molecule has 2 atom stereocenters. The van der Waals surface area contributed by atoms with E-state index >= 15 is 0 Å². The number of carbonyl (C=O) groups is 1. The Morgan fingerprint density at radius 3 is 2.60 bits per heavy atom. The zero-order valence-electron chi connectivity index (χ0n) is 11.2. The average molecular weight is 286 g/mol. The van der Waals surface area contributed by atoms with Gasteiger partial charge in [0.25, 0.3) is 5.91 Å². The van der Waals surface area contributed by atoms with Crippen LogP contribution in [0, 0.1) is 5.92 Å². The molecule has 0 spiro atoms. The second-order valence-corrected chi connectivity index (χ2v) is 5.19. The molecule has 1 heterocycles. The van der Waals surface area contributed by atoms with Gasteiger partial charge in [0.2, 0.25) is 0 Å². The van der Waals surface area contributed by atoms with Gasteiger partial charge < -0.3 is 10.6 Å². The number of amides is 1. The van der Waals surface area contributed by atoms with E-state index in [1.165, 1.54) is 23.1 Å². The van der Waals surface area contributed by atoms with Crippen LogP contribution < -0.4 is 5.73 Å². The predicted molar refractivity (Wildman–Crippen MR) is 69.1 cm³/mol. The lowest BCUT2D eigenvalue weighted by Gasteiger charge is -2.23. The SMILES string of the molecule is CC1CC(CN)CN1C(=O)c1ccccc1C(F)(F)F. The first-order chi connectivity index (χ1) is 9.34. The standard InChI is InChI=1S/C14H17F3N2O/c1-9-6-10(7-18)8-19(9)13(20)11-4-2-3-5-12(11)14(15,16)17/h2-5,9-10H,6-8,18H2,1H3. The Bertz CT molecular complexity index is 501. The Kier molecular flexibility index (Phi) is 4.04. The van der Waals surface area contributed by atoms with Crippen molar-refractivity contribution in [1.82, 2.24) is 4.90 Å². The Morgan fingerprint density at radius 1 is 1.40 bits per heavy atom. The summed E-state index contributed by atoms with van der Waals surface area (Å²) >= 11 is 0. The summed E-state index contributed by atoms with van der Waals surface area (Å²) in [5, 5.41) is 0. The highest BCUT2D eigenvalue weighted by Gasteiger charge is 2.38. The first-order valence-electron chi connectivity index (χ1n) is 6.52. The molecule has 1 aliphatic rings. The van der Waals surface area contributed by atoms with Crippen molar-refractivity contribution < 1.29 is 18.0 Å². The summed E-state index contributed by atoms with van der Waals surface area (Å²) in [6.45, 7) is 2.70. The zero-order valence-corrected chi connectivity index (χ0v) is 11.2. The number of halogens is 3. The van der Waals surface area contributed by atoms with Crippen LogP contribution in [-0.4, -0.2) is 29.9 Å². The van der Waals surface area contributed by atoms with Crippen LogP contribution in [-0.2, 0) is 6.18 Å². The molecule has 6 heteroatoms. The molecule has 0 saturated carbocycles. The molecule has 20 heavy (non-hydrogen) atoms. The number of alkyl halides is 3. The van der Waals surface area contributed by atoms with E-state index in [0.29, 0.717) is 13.1 Å². The van der Waals surface area contributed by atoms with Crippen molar-refractivity contribution in [1.29, 1.82) is 0 Å². The maximum atomic E-state index is 12.9. The van der Waals surface area contributed by atoms with Gasteiger partial charge in [-0.2, -0.15) is 13.2 Å². The molecule has 3 nitrogen and oxygen atoms in total. The van der Waals surface area contributed by atoms with Crippen molar-refractivity contribution in [2.45, 2.75) is 25.6 Å². The molecule has 2 unspecified atom stereocenters. The molecule has 0 aliphatic carbocycles. The molecule has 1 aromatic rings. The molecule has 1 aliphatic heterocycles. The molecular formula is C14H17F3N2O. The van der Waals surface area contributed by atoms with E-state index in [4.69, 9.17) is 5.73 Å². The van der Waals surface area contributed by atoms with Crippen LogP contribution in [0.25, 0.3) is 0 Å². The third kappa shape index (κ3) is 2.80. The molecule has 1 saturated heterocycles. The summed E-state index contributed by atoms with van der Waals surface area (Å²) in [5.74, 6) is -0.409. The van der Waals surface area contributed by atoms with E-state index in [-0.39, 0.29) is 17.5 Å². The highest BCUT2D eigenvalue weighted by molar-refractivity contribution is 5.96. The summed E-state index contributed by atoms with van der Waals surface area (Å²) in [4.78, 5) is 13.9. The molecule has 1 amide bonds. The Labute approximate surface area is 115 Å². The number of hydrogen-bond acceptors (Lipinski definition) is 2. The van der Waals surface area contributed by atoms with Gasteiger partial charge in [0.05, 0.1) is 11.1 Å².